The van der Waals surface area contributed by atoms with E-state index in [0.717, 1.165) is 6.42 Å². The first-order valence-corrected chi connectivity index (χ1v) is 4.67. The van der Waals surface area contributed by atoms with E-state index in [9.17, 15) is 10.1 Å². The number of nitro groups is 1. The van der Waals surface area contributed by atoms with Crippen LogP contribution in [0.3, 0.4) is 0 Å². The number of aryl methyl sites for hydroxylation is 1. The maximum atomic E-state index is 10.6. The summed E-state index contributed by atoms with van der Waals surface area (Å²) >= 11 is 0. The molecule has 0 saturated heterocycles. The minimum atomic E-state index is -0.488. The highest BCUT2D eigenvalue weighted by Crippen LogP contribution is 2.20. The van der Waals surface area contributed by atoms with E-state index >= 15 is 0 Å². The zero-order chi connectivity index (χ0) is 11.3. The van der Waals surface area contributed by atoms with Gasteiger partial charge in [0.1, 0.15) is 0 Å². The van der Waals surface area contributed by atoms with Crippen molar-refractivity contribution < 1.29 is 4.92 Å². The maximum Gasteiger partial charge on any atom is 0.406 e. The molecule has 15 heavy (non-hydrogen) atoms. The van der Waals surface area contributed by atoms with E-state index in [0.29, 0.717) is 12.4 Å². The average molecular weight is 210 g/mol. The first kappa shape index (κ1) is 11.2. The van der Waals surface area contributed by atoms with Gasteiger partial charge in [0, 0.05) is 13.6 Å². The molecule has 1 heterocycles. The third kappa shape index (κ3) is 2.80. The number of nitrogens with zero attached hydrogens (tertiary/aromatic N) is 3. The molecule has 0 fully saturated rings. The third-order valence-corrected chi connectivity index (χ3v) is 1.93. The summed E-state index contributed by atoms with van der Waals surface area (Å²) in [6, 6.07) is 0. The second-order valence-electron chi connectivity index (χ2n) is 3.07. The van der Waals surface area contributed by atoms with Crippen molar-refractivity contribution in [1.29, 1.82) is 0 Å². The summed E-state index contributed by atoms with van der Waals surface area (Å²) in [6.45, 7) is 2.59. The SMILES string of the molecule is C/C=C/CCNc1c([N+](=O)[O-])ncn1C. The number of allylic oxidation sites excluding steroid dienone is 1. The molecule has 0 saturated carbocycles. The average Bonchev–Trinajstić information content (AvgIpc) is 2.55. The molecule has 0 atom stereocenters. The van der Waals surface area contributed by atoms with Crippen molar-refractivity contribution in [2.75, 3.05) is 11.9 Å². The molecule has 0 radical (unpaired) electrons. The zero-order valence-electron chi connectivity index (χ0n) is 8.80. The Balaban J connectivity index is 2.66. The molecule has 0 unspecified atom stereocenters. The first-order valence-electron chi connectivity index (χ1n) is 4.67. The predicted molar refractivity (Wildman–Crippen MR) is 57.8 cm³/mol. The van der Waals surface area contributed by atoms with Gasteiger partial charge in [-0.2, -0.15) is 0 Å². The molecular formula is C9H14N4O2. The Morgan fingerprint density at radius 2 is 2.47 bits per heavy atom. The maximum absolute atomic E-state index is 10.6. The highest BCUT2D eigenvalue weighted by molar-refractivity contribution is 5.51. The topological polar surface area (TPSA) is 73.0 Å². The highest BCUT2D eigenvalue weighted by atomic mass is 16.6. The summed E-state index contributed by atoms with van der Waals surface area (Å²) < 4.78 is 1.60. The number of aromatic nitrogens is 2. The third-order valence-electron chi connectivity index (χ3n) is 1.93. The number of hydrogen-bond acceptors (Lipinski definition) is 4. The van der Waals surface area contributed by atoms with Crippen molar-refractivity contribution >= 4 is 11.6 Å². The van der Waals surface area contributed by atoms with E-state index in [1.165, 1.54) is 6.33 Å². The quantitative estimate of drug-likeness (QED) is 0.347. The van der Waals surface area contributed by atoms with Crippen LogP contribution in [0, 0.1) is 10.1 Å². The van der Waals surface area contributed by atoms with E-state index < -0.39 is 4.92 Å². The Labute approximate surface area is 87.8 Å². The summed E-state index contributed by atoms with van der Waals surface area (Å²) in [4.78, 5) is 13.8. The smallest absolute Gasteiger partial charge is 0.364 e. The van der Waals surface area contributed by atoms with Crippen LogP contribution < -0.4 is 5.32 Å². The molecule has 1 aromatic heterocycles. The van der Waals surface area contributed by atoms with E-state index in [4.69, 9.17) is 0 Å². The van der Waals surface area contributed by atoms with E-state index in [2.05, 4.69) is 10.3 Å². The van der Waals surface area contributed by atoms with Crippen LogP contribution in [0.1, 0.15) is 13.3 Å². The van der Waals surface area contributed by atoms with Gasteiger partial charge < -0.3 is 15.4 Å². The van der Waals surface area contributed by atoms with Crippen molar-refractivity contribution in [1.82, 2.24) is 9.55 Å². The van der Waals surface area contributed by atoms with Gasteiger partial charge in [-0.15, -0.1) is 0 Å². The molecule has 1 N–H and O–H groups in total. The second-order valence-corrected chi connectivity index (χ2v) is 3.07. The molecule has 0 aliphatic carbocycles. The number of hydrogen-bond donors (Lipinski definition) is 1. The van der Waals surface area contributed by atoms with Crippen molar-refractivity contribution in [3.8, 4) is 0 Å². The van der Waals surface area contributed by atoms with Gasteiger partial charge in [0.25, 0.3) is 0 Å². The number of imidazole rings is 1. The van der Waals surface area contributed by atoms with Crippen molar-refractivity contribution in [2.45, 2.75) is 13.3 Å². The van der Waals surface area contributed by atoms with Crippen LogP contribution >= 0.6 is 0 Å². The summed E-state index contributed by atoms with van der Waals surface area (Å²) in [5, 5.41) is 13.6. The molecule has 0 aliphatic rings. The number of anilines is 1. The zero-order valence-corrected chi connectivity index (χ0v) is 8.80. The summed E-state index contributed by atoms with van der Waals surface area (Å²) in [5.74, 6) is 0.322. The molecule has 1 aromatic rings. The van der Waals surface area contributed by atoms with Gasteiger partial charge in [-0.1, -0.05) is 12.2 Å². The molecule has 0 bridgehead atoms. The molecule has 0 aliphatic heterocycles. The van der Waals surface area contributed by atoms with Gasteiger partial charge in [-0.25, -0.2) is 0 Å². The van der Waals surface area contributed by atoms with Gasteiger partial charge in [0.2, 0.25) is 12.1 Å². The predicted octanol–water partition coefficient (Wildman–Crippen LogP) is 1.71. The lowest BCUT2D eigenvalue weighted by Gasteiger charge is -2.03. The summed E-state index contributed by atoms with van der Waals surface area (Å²) in [5.41, 5.74) is 0. The lowest BCUT2D eigenvalue weighted by Crippen LogP contribution is -2.06. The normalized spacial score (nSPS) is 10.8. The van der Waals surface area contributed by atoms with Gasteiger partial charge in [0.15, 0.2) is 0 Å². The van der Waals surface area contributed by atoms with Gasteiger partial charge in [-0.05, 0) is 23.3 Å². The second kappa shape index (κ2) is 5.14. The molecule has 0 spiro atoms. The number of nitrogens with one attached hydrogen (secondary N) is 1. The fourth-order valence-corrected chi connectivity index (χ4v) is 1.20. The largest absolute Gasteiger partial charge is 0.406 e. The lowest BCUT2D eigenvalue weighted by atomic mass is 10.4. The minimum absolute atomic E-state index is 0.127. The Morgan fingerprint density at radius 3 is 3.07 bits per heavy atom. The van der Waals surface area contributed by atoms with E-state index in [1.54, 1.807) is 11.6 Å². The summed E-state index contributed by atoms with van der Waals surface area (Å²) in [6.07, 6.45) is 6.20. The molecule has 1 rings (SSSR count). The highest BCUT2D eigenvalue weighted by Gasteiger charge is 2.18. The Hall–Kier alpha value is -1.85. The fourth-order valence-electron chi connectivity index (χ4n) is 1.20. The van der Waals surface area contributed by atoms with Crippen LogP contribution in [0.4, 0.5) is 11.6 Å². The first-order chi connectivity index (χ1) is 7.16. The minimum Gasteiger partial charge on any atom is -0.364 e. The Kier molecular flexibility index (Phi) is 3.84. The van der Waals surface area contributed by atoms with E-state index in [-0.39, 0.29) is 5.82 Å². The standard InChI is InChI=1S/C9H14N4O2/c1-3-4-5-6-10-8-9(13(14)15)11-7-12(8)2/h3-4,7,10H,5-6H2,1-2H3/b4-3+. The van der Waals surface area contributed by atoms with Crippen LogP contribution in [0.2, 0.25) is 0 Å². The molecule has 0 aromatic carbocycles. The Morgan fingerprint density at radius 1 is 1.73 bits per heavy atom. The molecule has 82 valence electrons. The van der Waals surface area contributed by atoms with Crippen LogP contribution in [0.15, 0.2) is 18.5 Å². The monoisotopic (exact) mass is 210 g/mol. The van der Waals surface area contributed by atoms with Gasteiger partial charge in [0.05, 0.1) is 0 Å². The fraction of sp³-hybridized carbons (Fsp3) is 0.444. The molecule has 0 amide bonds. The van der Waals surface area contributed by atoms with Crippen LogP contribution in [0.25, 0.3) is 0 Å². The van der Waals surface area contributed by atoms with E-state index in [1.807, 2.05) is 19.1 Å². The Bertz CT molecular complexity index is 370. The van der Waals surface area contributed by atoms with Gasteiger partial charge in [-0.3, -0.25) is 4.57 Å². The summed E-state index contributed by atoms with van der Waals surface area (Å²) in [7, 11) is 1.72. The van der Waals surface area contributed by atoms with Crippen LogP contribution in [-0.4, -0.2) is 21.0 Å². The lowest BCUT2D eigenvalue weighted by molar-refractivity contribution is -0.388. The molecule has 6 nitrogen and oxygen atoms in total. The van der Waals surface area contributed by atoms with Gasteiger partial charge >= 0.3 is 5.82 Å². The van der Waals surface area contributed by atoms with Crippen LogP contribution in [-0.2, 0) is 7.05 Å². The van der Waals surface area contributed by atoms with Crippen molar-refractivity contribution in [2.24, 2.45) is 7.05 Å². The molecule has 6 heteroatoms. The number of rotatable bonds is 5. The van der Waals surface area contributed by atoms with Crippen molar-refractivity contribution in [3.63, 3.8) is 0 Å². The van der Waals surface area contributed by atoms with Crippen molar-refractivity contribution in [3.05, 3.63) is 28.6 Å². The molecular weight excluding hydrogens is 196 g/mol. The van der Waals surface area contributed by atoms with Crippen LogP contribution in [0.5, 0.6) is 0 Å².